The lowest BCUT2D eigenvalue weighted by molar-refractivity contribution is 0.393. The Bertz CT molecular complexity index is 358. The molecule has 0 aliphatic carbocycles. The summed E-state index contributed by atoms with van der Waals surface area (Å²) in [5.74, 6) is 1.55. The van der Waals surface area contributed by atoms with Crippen molar-refractivity contribution < 1.29 is 4.74 Å². The molecule has 0 aromatic carbocycles. The number of hydrogen-bond acceptors (Lipinski definition) is 5. The van der Waals surface area contributed by atoms with Crippen LogP contribution in [0.1, 0.15) is 13.8 Å². The second-order valence-corrected chi connectivity index (χ2v) is 4.23. The van der Waals surface area contributed by atoms with Crippen LogP contribution in [0.4, 0.5) is 5.82 Å². The molecule has 1 aromatic rings. The third-order valence-electron chi connectivity index (χ3n) is 2.90. The molecule has 2 atom stereocenters. The van der Waals surface area contributed by atoms with Crippen LogP contribution < -0.4 is 15.0 Å². The van der Waals surface area contributed by atoms with Gasteiger partial charge in [-0.3, -0.25) is 0 Å². The zero-order valence-electron chi connectivity index (χ0n) is 9.97. The number of methoxy groups -OCH3 is 1. The van der Waals surface area contributed by atoms with Gasteiger partial charge in [-0.1, -0.05) is 0 Å². The number of ether oxygens (including phenoxy) is 1. The summed E-state index contributed by atoms with van der Waals surface area (Å²) >= 11 is 0. The minimum Gasteiger partial charge on any atom is -0.481 e. The highest BCUT2D eigenvalue weighted by Crippen LogP contribution is 2.19. The van der Waals surface area contributed by atoms with Gasteiger partial charge in [-0.25, -0.2) is 9.97 Å². The molecule has 5 nitrogen and oxygen atoms in total. The summed E-state index contributed by atoms with van der Waals surface area (Å²) in [6.45, 7) is 6.31. The van der Waals surface area contributed by atoms with E-state index in [2.05, 4.69) is 34.0 Å². The summed E-state index contributed by atoms with van der Waals surface area (Å²) in [6, 6.07) is 2.81. The number of nitrogens with zero attached hydrogens (tertiary/aromatic N) is 3. The van der Waals surface area contributed by atoms with Crippen LogP contribution in [0.3, 0.4) is 0 Å². The monoisotopic (exact) mass is 222 g/mol. The van der Waals surface area contributed by atoms with Crippen LogP contribution in [-0.2, 0) is 0 Å². The third kappa shape index (κ3) is 2.24. The van der Waals surface area contributed by atoms with E-state index in [9.17, 15) is 0 Å². The molecule has 16 heavy (non-hydrogen) atoms. The number of aromatic nitrogens is 2. The second kappa shape index (κ2) is 4.65. The van der Waals surface area contributed by atoms with E-state index in [-0.39, 0.29) is 0 Å². The molecule has 0 bridgehead atoms. The van der Waals surface area contributed by atoms with Gasteiger partial charge in [0.1, 0.15) is 12.1 Å². The Balaban J connectivity index is 2.20. The van der Waals surface area contributed by atoms with E-state index in [1.807, 2.05) is 6.07 Å². The number of piperazine rings is 1. The van der Waals surface area contributed by atoms with Gasteiger partial charge in [-0.05, 0) is 13.8 Å². The fourth-order valence-corrected chi connectivity index (χ4v) is 1.94. The van der Waals surface area contributed by atoms with Crippen molar-refractivity contribution in [2.24, 2.45) is 0 Å². The van der Waals surface area contributed by atoms with Crippen LogP contribution in [-0.4, -0.2) is 42.3 Å². The topological polar surface area (TPSA) is 50.3 Å². The first-order valence-electron chi connectivity index (χ1n) is 5.56. The van der Waals surface area contributed by atoms with Gasteiger partial charge < -0.3 is 15.0 Å². The zero-order chi connectivity index (χ0) is 11.5. The van der Waals surface area contributed by atoms with Crippen molar-refractivity contribution in [3.63, 3.8) is 0 Å². The lowest BCUT2D eigenvalue weighted by Crippen LogP contribution is -2.54. The van der Waals surface area contributed by atoms with E-state index < -0.39 is 0 Å². The Morgan fingerprint density at radius 3 is 3.00 bits per heavy atom. The predicted molar refractivity (Wildman–Crippen MR) is 62.9 cm³/mol. The average molecular weight is 222 g/mol. The molecule has 2 rings (SSSR count). The number of nitrogens with one attached hydrogen (secondary N) is 1. The number of anilines is 1. The van der Waals surface area contributed by atoms with Crippen LogP contribution in [0, 0.1) is 0 Å². The molecule has 0 spiro atoms. The molecule has 1 aliphatic heterocycles. The quantitative estimate of drug-likeness (QED) is 0.797. The molecular weight excluding hydrogens is 204 g/mol. The summed E-state index contributed by atoms with van der Waals surface area (Å²) in [5, 5.41) is 3.44. The van der Waals surface area contributed by atoms with Crippen molar-refractivity contribution in [3.05, 3.63) is 12.4 Å². The van der Waals surface area contributed by atoms with Crippen molar-refractivity contribution in [1.82, 2.24) is 15.3 Å². The molecule has 0 saturated carbocycles. The highest BCUT2D eigenvalue weighted by molar-refractivity contribution is 5.42. The molecule has 88 valence electrons. The Morgan fingerprint density at radius 1 is 1.44 bits per heavy atom. The summed E-state index contributed by atoms with van der Waals surface area (Å²) < 4.78 is 5.11. The Kier molecular flexibility index (Phi) is 3.24. The zero-order valence-corrected chi connectivity index (χ0v) is 9.97. The second-order valence-electron chi connectivity index (χ2n) is 4.23. The molecule has 0 amide bonds. The molecule has 5 heteroatoms. The van der Waals surface area contributed by atoms with Crippen molar-refractivity contribution in [3.8, 4) is 5.88 Å². The average Bonchev–Trinajstić information content (AvgIpc) is 2.32. The summed E-state index contributed by atoms with van der Waals surface area (Å²) in [7, 11) is 1.62. The highest BCUT2D eigenvalue weighted by Gasteiger charge is 2.23. The number of rotatable bonds is 2. The molecule has 1 saturated heterocycles. The molecule has 1 fully saturated rings. The van der Waals surface area contributed by atoms with Gasteiger partial charge >= 0.3 is 0 Å². The lowest BCUT2D eigenvalue weighted by atomic mass is 10.1. The van der Waals surface area contributed by atoms with Gasteiger partial charge in [0, 0.05) is 31.2 Å². The first-order valence-corrected chi connectivity index (χ1v) is 5.56. The van der Waals surface area contributed by atoms with E-state index in [1.165, 1.54) is 0 Å². The fraction of sp³-hybridized carbons (Fsp3) is 0.636. The first-order chi connectivity index (χ1) is 7.70. The van der Waals surface area contributed by atoms with Gasteiger partial charge in [-0.15, -0.1) is 0 Å². The summed E-state index contributed by atoms with van der Waals surface area (Å²) in [5.41, 5.74) is 0. The van der Waals surface area contributed by atoms with E-state index >= 15 is 0 Å². The summed E-state index contributed by atoms with van der Waals surface area (Å²) in [4.78, 5) is 10.6. The van der Waals surface area contributed by atoms with Crippen molar-refractivity contribution in [2.75, 3.05) is 25.1 Å². The van der Waals surface area contributed by atoms with Crippen LogP contribution in [0.25, 0.3) is 0 Å². The molecule has 1 aliphatic rings. The molecule has 2 heterocycles. The maximum absolute atomic E-state index is 5.11. The Morgan fingerprint density at radius 2 is 2.25 bits per heavy atom. The maximum atomic E-state index is 5.11. The minimum absolute atomic E-state index is 0.441. The standard InChI is InChI=1S/C11H18N4O/c1-8-6-15(9(2)5-12-8)10-4-11(16-3)14-7-13-10/h4,7-9,12H,5-6H2,1-3H3. The van der Waals surface area contributed by atoms with E-state index in [0.717, 1.165) is 18.9 Å². The van der Waals surface area contributed by atoms with E-state index in [4.69, 9.17) is 4.74 Å². The van der Waals surface area contributed by atoms with E-state index in [0.29, 0.717) is 18.0 Å². The molecular formula is C11H18N4O. The van der Waals surface area contributed by atoms with Gasteiger partial charge in [0.2, 0.25) is 5.88 Å². The van der Waals surface area contributed by atoms with Gasteiger partial charge in [0.05, 0.1) is 7.11 Å². The smallest absolute Gasteiger partial charge is 0.218 e. The van der Waals surface area contributed by atoms with Crippen LogP contribution in [0.15, 0.2) is 12.4 Å². The van der Waals surface area contributed by atoms with Gasteiger partial charge in [0.15, 0.2) is 0 Å². The highest BCUT2D eigenvalue weighted by atomic mass is 16.5. The van der Waals surface area contributed by atoms with E-state index in [1.54, 1.807) is 13.4 Å². The summed E-state index contributed by atoms with van der Waals surface area (Å²) in [6.07, 6.45) is 1.55. The van der Waals surface area contributed by atoms with Crippen LogP contribution in [0.2, 0.25) is 0 Å². The Hall–Kier alpha value is -1.36. The normalized spacial score (nSPS) is 25.6. The first kappa shape index (κ1) is 11.1. The van der Waals surface area contributed by atoms with Crippen molar-refractivity contribution in [1.29, 1.82) is 0 Å². The SMILES string of the molecule is COc1cc(N2CC(C)NCC2C)ncn1. The number of hydrogen-bond donors (Lipinski definition) is 1. The maximum Gasteiger partial charge on any atom is 0.218 e. The predicted octanol–water partition coefficient (Wildman–Crippen LogP) is 0.672. The molecule has 2 unspecified atom stereocenters. The van der Waals surface area contributed by atoms with Gasteiger partial charge in [-0.2, -0.15) is 0 Å². The van der Waals surface area contributed by atoms with Gasteiger partial charge in [0.25, 0.3) is 0 Å². The molecule has 1 aromatic heterocycles. The fourth-order valence-electron chi connectivity index (χ4n) is 1.94. The molecule has 1 N–H and O–H groups in total. The lowest BCUT2D eigenvalue weighted by Gasteiger charge is -2.38. The van der Waals surface area contributed by atoms with Crippen LogP contribution in [0.5, 0.6) is 5.88 Å². The van der Waals surface area contributed by atoms with Crippen LogP contribution >= 0.6 is 0 Å². The van der Waals surface area contributed by atoms with Crippen molar-refractivity contribution >= 4 is 5.82 Å². The molecule has 0 radical (unpaired) electrons. The largest absolute Gasteiger partial charge is 0.481 e. The minimum atomic E-state index is 0.441. The van der Waals surface area contributed by atoms with Crippen molar-refractivity contribution in [2.45, 2.75) is 25.9 Å². The third-order valence-corrected chi connectivity index (χ3v) is 2.90. The Labute approximate surface area is 95.8 Å².